The first-order valence-electron chi connectivity index (χ1n) is 8.56. The van der Waals surface area contributed by atoms with Gasteiger partial charge in [0.2, 0.25) is 0 Å². The van der Waals surface area contributed by atoms with Gasteiger partial charge in [0.05, 0.1) is 0 Å². The fourth-order valence-electron chi connectivity index (χ4n) is 3.29. The average Bonchev–Trinajstić information content (AvgIpc) is 2.78. The van der Waals surface area contributed by atoms with Gasteiger partial charge in [-0.3, -0.25) is 0 Å². The molecule has 1 heteroatoms. The number of fused-ring (bicyclic) bond motifs is 2. The zero-order valence-electron chi connectivity index (χ0n) is 15.6. The summed E-state index contributed by atoms with van der Waals surface area (Å²) in [7, 11) is 0. The van der Waals surface area contributed by atoms with Gasteiger partial charge in [-0.2, -0.15) is 27.8 Å². The molecule has 0 aliphatic carbocycles. The Labute approximate surface area is 161 Å². The van der Waals surface area contributed by atoms with Gasteiger partial charge in [0.25, 0.3) is 0 Å². The standard InChI is InChI=1S/C14H10.C10H15.Co/c1-2-6-12-10-14-8-4-3-7-13(14)9-11(12)5-1;1-6-7(2)9(4)10(5)8(6)3;/h1-10H;1-5H3;/q;-1;. The van der Waals surface area contributed by atoms with Crippen molar-refractivity contribution < 1.29 is 16.8 Å². The van der Waals surface area contributed by atoms with E-state index in [1.165, 1.54) is 49.4 Å². The van der Waals surface area contributed by atoms with Crippen molar-refractivity contribution in [3.63, 3.8) is 0 Å². The topological polar surface area (TPSA) is 0 Å². The third-order valence-corrected chi connectivity index (χ3v) is 5.43. The Morgan fingerprint density at radius 2 is 0.840 bits per heavy atom. The fourth-order valence-corrected chi connectivity index (χ4v) is 3.29. The molecule has 0 aliphatic heterocycles. The van der Waals surface area contributed by atoms with Crippen LogP contribution in [0.5, 0.6) is 0 Å². The van der Waals surface area contributed by atoms with Crippen LogP contribution in [0.1, 0.15) is 27.8 Å². The van der Waals surface area contributed by atoms with Gasteiger partial charge in [-0.1, -0.05) is 83.1 Å². The monoisotopic (exact) mass is 372 g/mol. The van der Waals surface area contributed by atoms with Crippen LogP contribution in [-0.4, -0.2) is 0 Å². The van der Waals surface area contributed by atoms with E-state index in [1.807, 2.05) is 0 Å². The number of hydrogen-bond acceptors (Lipinski definition) is 0. The van der Waals surface area contributed by atoms with E-state index < -0.39 is 0 Å². The van der Waals surface area contributed by atoms with Crippen molar-refractivity contribution in [1.82, 2.24) is 0 Å². The molecule has 0 atom stereocenters. The largest absolute Gasteiger partial charge is 0.196 e. The summed E-state index contributed by atoms with van der Waals surface area (Å²) in [4.78, 5) is 0. The van der Waals surface area contributed by atoms with Gasteiger partial charge >= 0.3 is 0 Å². The third-order valence-electron chi connectivity index (χ3n) is 5.43. The number of hydrogen-bond donors (Lipinski definition) is 0. The van der Waals surface area contributed by atoms with Crippen molar-refractivity contribution in [2.45, 2.75) is 34.6 Å². The first-order chi connectivity index (χ1) is 11.5. The van der Waals surface area contributed by atoms with Gasteiger partial charge in [0.15, 0.2) is 0 Å². The van der Waals surface area contributed by atoms with Crippen molar-refractivity contribution in [2.24, 2.45) is 0 Å². The van der Waals surface area contributed by atoms with E-state index in [2.05, 4.69) is 95.3 Å². The van der Waals surface area contributed by atoms with E-state index >= 15 is 0 Å². The van der Waals surface area contributed by atoms with Crippen LogP contribution < -0.4 is 0 Å². The number of benzene rings is 3. The molecule has 0 nitrogen and oxygen atoms in total. The molecular weight excluding hydrogens is 347 g/mol. The molecule has 0 fully saturated rings. The van der Waals surface area contributed by atoms with E-state index in [9.17, 15) is 0 Å². The zero-order chi connectivity index (χ0) is 17.3. The smallest absolute Gasteiger partial charge is 0 e. The van der Waals surface area contributed by atoms with Gasteiger partial charge in [-0.25, -0.2) is 0 Å². The second-order valence-corrected chi connectivity index (χ2v) is 6.67. The molecule has 0 bridgehead atoms. The van der Waals surface area contributed by atoms with E-state index in [-0.39, 0.29) is 16.8 Å². The van der Waals surface area contributed by atoms with Crippen LogP contribution in [0.3, 0.4) is 0 Å². The van der Waals surface area contributed by atoms with E-state index in [0.717, 1.165) is 0 Å². The van der Waals surface area contributed by atoms with Gasteiger partial charge in [-0.05, 0) is 33.7 Å². The summed E-state index contributed by atoms with van der Waals surface area (Å²) in [6, 6.07) is 21.4. The van der Waals surface area contributed by atoms with E-state index in [4.69, 9.17) is 0 Å². The van der Waals surface area contributed by atoms with Crippen LogP contribution in [0.15, 0.2) is 60.7 Å². The minimum absolute atomic E-state index is 0. The summed E-state index contributed by atoms with van der Waals surface area (Å²) in [5.74, 6) is 0. The molecule has 0 aromatic heterocycles. The Morgan fingerprint density at radius 1 is 0.560 bits per heavy atom. The summed E-state index contributed by atoms with van der Waals surface area (Å²) < 4.78 is 0. The Bertz CT molecular complexity index is 820. The maximum absolute atomic E-state index is 2.24. The first-order valence-corrected chi connectivity index (χ1v) is 8.56. The van der Waals surface area contributed by atoms with Crippen LogP contribution in [-0.2, 0) is 16.8 Å². The molecule has 4 aromatic rings. The predicted octanol–water partition coefficient (Wildman–Crippen LogP) is 6.94. The molecule has 0 amide bonds. The molecule has 4 rings (SSSR count). The van der Waals surface area contributed by atoms with E-state index in [1.54, 1.807) is 0 Å². The minimum atomic E-state index is 0. The predicted molar refractivity (Wildman–Crippen MR) is 107 cm³/mol. The second-order valence-electron chi connectivity index (χ2n) is 6.67. The molecule has 25 heavy (non-hydrogen) atoms. The van der Waals surface area contributed by atoms with Gasteiger partial charge < -0.3 is 0 Å². The summed E-state index contributed by atoms with van der Waals surface area (Å²) in [6.45, 7) is 11.0. The molecular formula is C24H25Co-. The minimum Gasteiger partial charge on any atom is -0.196 e. The van der Waals surface area contributed by atoms with Crippen LogP contribution in [0.25, 0.3) is 21.5 Å². The van der Waals surface area contributed by atoms with Crippen molar-refractivity contribution >= 4 is 21.5 Å². The molecule has 0 aliphatic rings. The Balaban J connectivity index is 0.000000184. The van der Waals surface area contributed by atoms with Crippen LogP contribution in [0.4, 0.5) is 0 Å². The molecule has 0 heterocycles. The Morgan fingerprint density at radius 3 is 1.04 bits per heavy atom. The summed E-state index contributed by atoms with van der Waals surface area (Å²) in [5, 5.41) is 5.25. The Kier molecular flexibility index (Phi) is 6.15. The van der Waals surface area contributed by atoms with Crippen LogP contribution in [0.2, 0.25) is 0 Å². The normalized spacial score (nSPS) is 10.3. The SMILES string of the molecule is Cc1c(C)c(C)[c-](C)c1C.[Co].c1ccc2cc3ccccc3cc2c1. The summed E-state index contributed by atoms with van der Waals surface area (Å²) in [6.07, 6.45) is 0. The quantitative estimate of drug-likeness (QED) is 0.232. The zero-order valence-corrected chi connectivity index (χ0v) is 16.6. The molecule has 0 unspecified atom stereocenters. The van der Waals surface area contributed by atoms with Crippen LogP contribution in [0, 0.1) is 34.6 Å². The number of rotatable bonds is 0. The van der Waals surface area contributed by atoms with Crippen LogP contribution >= 0.6 is 0 Å². The molecule has 0 saturated heterocycles. The van der Waals surface area contributed by atoms with Crippen molar-refractivity contribution in [2.75, 3.05) is 0 Å². The van der Waals surface area contributed by atoms with Gasteiger partial charge in [-0.15, -0.1) is 0 Å². The summed E-state index contributed by atoms with van der Waals surface area (Å²) in [5.41, 5.74) is 7.34. The van der Waals surface area contributed by atoms with E-state index in [0.29, 0.717) is 0 Å². The third kappa shape index (κ3) is 3.83. The molecule has 0 saturated carbocycles. The Hall–Kier alpha value is -1.96. The van der Waals surface area contributed by atoms with Gasteiger partial charge in [0, 0.05) is 16.8 Å². The molecule has 0 N–H and O–H groups in total. The molecule has 0 spiro atoms. The molecule has 131 valence electrons. The first kappa shape index (κ1) is 19.4. The second kappa shape index (κ2) is 7.94. The van der Waals surface area contributed by atoms with Gasteiger partial charge in [0.1, 0.15) is 0 Å². The maximum Gasteiger partial charge on any atom is 0 e. The van der Waals surface area contributed by atoms with Crippen molar-refractivity contribution in [1.29, 1.82) is 0 Å². The van der Waals surface area contributed by atoms with Crippen molar-refractivity contribution in [3.05, 3.63) is 88.5 Å². The van der Waals surface area contributed by atoms with Crippen molar-refractivity contribution in [3.8, 4) is 0 Å². The summed E-state index contributed by atoms with van der Waals surface area (Å²) >= 11 is 0. The maximum atomic E-state index is 2.24. The average molecular weight is 372 g/mol. The molecule has 1 radical (unpaired) electrons. The fraction of sp³-hybridized carbons (Fsp3) is 0.208. The molecule has 4 aromatic carbocycles.